The van der Waals surface area contributed by atoms with Gasteiger partial charge in [0, 0.05) is 14.2 Å². The fraction of sp³-hybridized carbons (Fsp3) is 0.600. The number of rotatable bonds is 4. The van der Waals surface area contributed by atoms with E-state index in [0.29, 0.717) is 0 Å². The molecule has 0 spiro atoms. The minimum Gasteiger partial charge on any atom is -0.314 e. The third-order valence-electron chi connectivity index (χ3n) is 1.12. The van der Waals surface area contributed by atoms with Gasteiger partial charge in [-0.05, 0) is 0 Å². The summed E-state index contributed by atoms with van der Waals surface area (Å²) in [5, 5.41) is 0. The van der Waals surface area contributed by atoms with E-state index in [1.54, 1.807) is 0 Å². The maximum Gasteiger partial charge on any atom is 0.350 e. The molecule has 0 aromatic carbocycles. The molecule has 0 bridgehead atoms. The minimum atomic E-state index is -3.11. The Labute approximate surface area is 60.5 Å². The van der Waals surface area contributed by atoms with Crippen LogP contribution in [0.5, 0.6) is 0 Å². The first-order chi connectivity index (χ1) is 4.60. The molecular formula is C5H12NO3P. The monoisotopic (exact) mass is 165 g/mol. The van der Waals surface area contributed by atoms with Gasteiger partial charge >= 0.3 is 7.60 Å². The summed E-state index contributed by atoms with van der Waals surface area (Å²) < 4.78 is 20.4. The van der Waals surface area contributed by atoms with Gasteiger partial charge in [-0.2, -0.15) is 0 Å². The lowest BCUT2D eigenvalue weighted by Crippen LogP contribution is -2.18. The molecule has 10 heavy (non-hydrogen) atoms. The number of nitrogens with two attached hydrogens (primary N) is 1. The normalized spacial score (nSPS) is 14.7. The van der Waals surface area contributed by atoms with Crippen molar-refractivity contribution in [3.8, 4) is 0 Å². The van der Waals surface area contributed by atoms with Gasteiger partial charge in [-0.15, -0.1) is 6.58 Å². The minimum absolute atomic E-state index is 0.748. The van der Waals surface area contributed by atoms with E-state index >= 15 is 0 Å². The molecule has 0 aromatic heterocycles. The molecule has 0 saturated heterocycles. The van der Waals surface area contributed by atoms with E-state index in [4.69, 9.17) is 5.73 Å². The van der Waals surface area contributed by atoms with Crippen molar-refractivity contribution in [3.05, 3.63) is 12.7 Å². The highest BCUT2D eigenvalue weighted by Gasteiger charge is 2.27. The lowest BCUT2D eigenvalue weighted by Gasteiger charge is -2.16. The Kier molecular flexibility index (Phi) is 3.83. The Hall–Kier alpha value is -0.150. The highest BCUT2D eigenvalue weighted by atomic mass is 31.2. The second-order valence-corrected chi connectivity index (χ2v) is 4.04. The van der Waals surface area contributed by atoms with Crippen molar-refractivity contribution in [2.24, 2.45) is 5.73 Å². The molecule has 0 saturated carbocycles. The van der Waals surface area contributed by atoms with E-state index in [0.717, 1.165) is 0 Å². The Morgan fingerprint density at radius 1 is 1.60 bits per heavy atom. The molecular weight excluding hydrogens is 153 g/mol. The molecule has 0 aliphatic rings. The summed E-state index contributed by atoms with van der Waals surface area (Å²) >= 11 is 0. The van der Waals surface area contributed by atoms with Crippen LogP contribution in [0.1, 0.15) is 0 Å². The molecule has 60 valence electrons. The Morgan fingerprint density at radius 3 is 2.10 bits per heavy atom. The predicted molar refractivity (Wildman–Crippen MR) is 39.8 cm³/mol. The van der Waals surface area contributed by atoms with Gasteiger partial charge in [0.1, 0.15) is 5.78 Å². The fourth-order valence-corrected chi connectivity index (χ4v) is 1.34. The third-order valence-corrected chi connectivity index (χ3v) is 3.07. The Bertz CT molecular complexity index is 151. The van der Waals surface area contributed by atoms with Crippen LogP contribution in [-0.2, 0) is 13.6 Å². The zero-order chi connectivity index (χ0) is 8.20. The maximum atomic E-state index is 11.2. The molecule has 5 heteroatoms. The lowest BCUT2D eigenvalue weighted by molar-refractivity contribution is 0.270. The van der Waals surface area contributed by atoms with Crippen LogP contribution < -0.4 is 5.73 Å². The molecule has 0 aliphatic heterocycles. The van der Waals surface area contributed by atoms with Gasteiger partial charge in [0.15, 0.2) is 0 Å². The molecule has 0 radical (unpaired) electrons. The summed E-state index contributed by atoms with van der Waals surface area (Å²) in [6.45, 7) is 3.37. The van der Waals surface area contributed by atoms with Gasteiger partial charge in [0.05, 0.1) is 0 Å². The van der Waals surface area contributed by atoms with Crippen LogP contribution in [0.3, 0.4) is 0 Å². The van der Waals surface area contributed by atoms with E-state index < -0.39 is 13.4 Å². The molecule has 0 fully saturated rings. The van der Waals surface area contributed by atoms with E-state index in [1.165, 1.54) is 20.3 Å². The van der Waals surface area contributed by atoms with Crippen LogP contribution in [-0.4, -0.2) is 20.0 Å². The largest absolute Gasteiger partial charge is 0.350 e. The molecule has 0 aliphatic carbocycles. The summed E-state index contributed by atoms with van der Waals surface area (Å²) in [6.07, 6.45) is 1.33. The maximum absolute atomic E-state index is 11.2. The van der Waals surface area contributed by atoms with Gasteiger partial charge in [-0.1, -0.05) is 6.08 Å². The smallest absolute Gasteiger partial charge is 0.314 e. The van der Waals surface area contributed by atoms with E-state index in [9.17, 15) is 4.57 Å². The fourth-order valence-electron chi connectivity index (χ4n) is 0.447. The Morgan fingerprint density at radius 2 is 2.00 bits per heavy atom. The standard InChI is InChI=1S/C5H12NO3P/c1-4-5(6)10(7,8-2)9-3/h4-5H,1,6H2,2-3H3. The highest BCUT2D eigenvalue weighted by molar-refractivity contribution is 7.54. The molecule has 0 rings (SSSR count). The van der Waals surface area contributed by atoms with Crippen LogP contribution in [0.25, 0.3) is 0 Å². The van der Waals surface area contributed by atoms with Crippen LogP contribution in [0.4, 0.5) is 0 Å². The first-order valence-corrected chi connectivity index (χ1v) is 4.31. The molecule has 1 atom stereocenters. The average molecular weight is 165 g/mol. The SMILES string of the molecule is C=CC(N)P(=O)(OC)OC. The van der Waals surface area contributed by atoms with E-state index in [2.05, 4.69) is 15.6 Å². The van der Waals surface area contributed by atoms with Crippen molar-refractivity contribution in [2.75, 3.05) is 14.2 Å². The van der Waals surface area contributed by atoms with Gasteiger partial charge < -0.3 is 14.8 Å². The van der Waals surface area contributed by atoms with E-state index in [-0.39, 0.29) is 0 Å². The van der Waals surface area contributed by atoms with Crippen LogP contribution >= 0.6 is 7.60 Å². The van der Waals surface area contributed by atoms with Crippen molar-refractivity contribution in [2.45, 2.75) is 5.78 Å². The number of hydrogen-bond acceptors (Lipinski definition) is 4. The highest BCUT2D eigenvalue weighted by Crippen LogP contribution is 2.49. The van der Waals surface area contributed by atoms with Crippen LogP contribution in [0, 0.1) is 0 Å². The first-order valence-electron chi connectivity index (χ1n) is 2.70. The summed E-state index contributed by atoms with van der Waals surface area (Å²) in [5.41, 5.74) is 5.34. The van der Waals surface area contributed by atoms with Gasteiger partial charge in [0.2, 0.25) is 0 Å². The second kappa shape index (κ2) is 3.88. The quantitative estimate of drug-likeness (QED) is 0.497. The topological polar surface area (TPSA) is 61.6 Å². The predicted octanol–water partition coefficient (Wildman–Crippen LogP) is 0.943. The van der Waals surface area contributed by atoms with Crippen molar-refractivity contribution in [3.63, 3.8) is 0 Å². The second-order valence-electron chi connectivity index (χ2n) is 1.63. The molecule has 0 amide bonds. The summed E-state index contributed by atoms with van der Waals surface area (Å²) in [4.78, 5) is 0. The summed E-state index contributed by atoms with van der Waals surface area (Å²) in [7, 11) is -0.542. The molecule has 0 aromatic rings. The molecule has 1 unspecified atom stereocenters. The molecule has 4 nitrogen and oxygen atoms in total. The van der Waals surface area contributed by atoms with Crippen LogP contribution in [0.15, 0.2) is 12.7 Å². The van der Waals surface area contributed by atoms with Gasteiger partial charge in [-0.25, -0.2) is 0 Å². The first kappa shape index (κ1) is 9.85. The van der Waals surface area contributed by atoms with Crippen molar-refractivity contribution in [1.29, 1.82) is 0 Å². The lowest BCUT2D eigenvalue weighted by atomic mass is 10.7. The number of hydrogen-bond donors (Lipinski definition) is 1. The van der Waals surface area contributed by atoms with Crippen molar-refractivity contribution >= 4 is 7.60 Å². The molecule has 2 N–H and O–H groups in total. The average Bonchev–Trinajstić information content (AvgIpc) is 2.01. The Balaban J connectivity index is 4.32. The van der Waals surface area contributed by atoms with E-state index in [1.807, 2.05) is 0 Å². The van der Waals surface area contributed by atoms with Gasteiger partial charge in [-0.3, -0.25) is 4.57 Å². The zero-order valence-corrected chi connectivity index (χ0v) is 7.01. The van der Waals surface area contributed by atoms with Crippen LogP contribution in [0.2, 0.25) is 0 Å². The van der Waals surface area contributed by atoms with Crippen molar-refractivity contribution in [1.82, 2.24) is 0 Å². The summed E-state index contributed by atoms with van der Waals surface area (Å²) in [5.74, 6) is -0.748. The molecule has 0 heterocycles. The van der Waals surface area contributed by atoms with Crippen molar-refractivity contribution < 1.29 is 13.6 Å². The van der Waals surface area contributed by atoms with Gasteiger partial charge in [0.25, 0.3) is 0 Å². The zero-order valence-electron chi connectivity index (χ0n) is 6.11. The summed E-state index contributed by atoms with van der Waals surface area (Å²) in [6, 6.07) is 0. The third kappa shape index (κ3) is 1.92.